The van der Waals surface area contributed by atoms with E-state index in [0.717, 1.165) is 41.5 Å². The molecule has 0 unspecified atom stereocenters. The first-order valence-electron chi connectivity index (χ1n) is 10.5. The van der Waals surface area contributed by atoms with Crippen LogP contribution >= 0.6 is 0 Å². The third kappa shape index (κ3) is 5.37. The minimum atomic E-state index is -0.529. The summed E-state index contributed by atoms with van der Waals surface area (Å²) in [4.78, 5) is 15.7. The lowest BCUT2D eigenvalue weighted by Gasteiger charge is -2.23. The number of rotatable bonds is 10. The van der Waals surface area contributed by atoms with Crippen LogP contribution in [0.4, 0.5) is 11.4 Å². The number of benzene rings is 3. The predicted octanol–water partition coefficient (Wildman–Crippen LogP) is 5.59. The van der Waals surface area contributed by atoms with Crippen LogP contribution in [0.3, 0.4) is 0 Å². The number of hydrogen-bond donors (Lipinski definition) is 1. The van der Waals surface area contributed by atoms with Gasteiger partial charge in [0.05, 0.1) is 14.2 Å². The van der Waals surface area contributed by atoms with Gasteiger partial charge in [0.15, 0.2) is 5.78 Å². The Balaban J connectivity index is 1.90. The van der Waals surface area contributed by atoms with E-state index in [9.17, 15) is 4.79 Å². The van der Waals surface area contributed by atoms with Crippen molar-refractivity contribution in [2.45, 2.75) is 19.9 Å². The summed E-state index contributed by atoms with van der Waals surface area (Å²) >= 11 is 0. The predicted molar refractivity (Wildman–Crippen MR) is 127 cm³/mol. The van der Waals surface area contributed by atoms with Crippen molar-refractivity contribution in [2.75, 3.05) is 37.5 Å². The molecule has 5 heteroatoms. The number of hydrogen-bond acceptors (Lipinski definition) is 5. The van der Waals surface area contributed by atoms with Crippen LogP contribution < -0.4 is 19.7 Å². The van der Waals surface area contributed by atoms with Crippen molar-refractivity contribution in [1.82, 2.24) is 0 Å². The van der Waals surface area contributed by atoms with E-state index in [4.69, 9.17) is 9.47 Å². The van der Waals surface area contributed by atoms with Crippen molar-refractivity contribution in [1.29, 1.82) is 0 Å². The van der Waals surface area contributed by atoms with Gasteiger partial charge >= 0.3 is 0 Å². The van der Waals surface area contributed by atoms with E-state index < -0.39 is 6.04 Å². The maximum Gasteiger partial charge on any atom is 0.189 e. The van der Waals surface area contributed by atoms with Gasteiger partial charge < -0.3 is 19.7 Å². The van der Waals surface area contributed by atoms with E-state index in [1.807, 2.05) is 36.4 Å². The quantitative estimate of drug-likeness (QED) is 0.435. The summed E-state index contributed by atoms with van der Waals surface area (Å²) in [5, 5.41) is 3.42. The maximum atomic E-state index is 13.4. The molecule has 0 saturated carbocycles. The molecule has 3 aromatic carbocycles. The van der Waals surface area contributed by atoms with Crippen molar-refractivity contribution in [3.8, 4) is 11.5 Å². The zero-order valence-corrected chi connectivity index (χ0v) is 18.6. The maximum absolute atomic E-state index is 13.4. The van der Waals surface area contributed by atoms with Crippen molar-refractivity contribution in [2.24, 2.45) is 0 Å². The highest BCUT2D eigenvalue weighted by atomic mass is 16.5. The van der Waals surface area contributed by atoms with Crippen LogP contribution in [0.15, 0.2) is 72.8 Å². The Hall–Kier alpha value is -3.47. The molecule has 0 heterocycles. The first kappa shape index (κ1) is 22.2. The molecule has 5 nitrogen and oxygen atoms in total. The number of anilines is 2. The minimum absolute atomic E-state index is 0.0133. The molecule has 0 bridgehead atoms. The van der Waals surface area contributed by atoms with Gasteiger partial charge in [-0.25, -0.2) is 0 Å². The molecule has 3 rings (SSSR count). The molecule has 0 aliphatic rings. The fraction of sp³-hybridized carbons (Fsp3) is 0.269. The van der Waals surface area contributed by atoms with Crippen LogP contribution in [0.5, 0.6) is 11.5 Å². The molecule has 0 aliphatic heterocycles. The summed E-state index contributed by atoms with van der Waals surface area (Å²) in [6, 6.07) is 22.4. The molecule has 3 aromatic rings. The van der Waals surface area contributed by atoms with Crippen LogP contribution in [0.1, 0.15) is 35.8 Å². The summed E-state index contributed by atoms with van der Waals surface area (Å²) < 4.78 is 10.5. The van der Waals surface area contributed by atoms with Gasteiger partial charge in [-0.1, -0.05) is 12.1 Å². The number of methoxy groups -OCH3 is 2. The van der Waals surface area contributed by atoms with Crippen molar-refractivity contribution < 1.29 is 14.3 Å². The number of ether oxygens (including phenoxy) is 2. The Morgan fingerprint density at radius 3 is 1.81 bits per heavy atom. The molecule has 1 atom stereocenters. The van der Waals surface area contributed by atoms with Crippen LogP contribution in [0.25, 0.3) is 0 Å². The second-order valence-electron chi connectivity index (χ2n) is 7.16. The van der Waals surface area contributed by atoms with Crippen molar-refractivity contribution >= 4 is 17.2 Å². The number of carbonyl (C=O) groups is 1. The lowest BCUT2D eigenvalue weighted by molar-refractivity contribution is 0.0969. The number of ketones is 1. The second-order valence-corrected chi connectivity index (χ2v) is 7.16. The SMILES string of the molecule is CCN(CC)c1ccc(N[C@H](C(=O)c2ccc(OC)cc2)c2ccc(OC)cc2)cc1. The highest BCUT2D eigenvalue weighted by Crippen LogP contribution is 2.27. The molecule has 0 aromatic heterocycles. The van der Waals surface area contributed by atoms with Gasteiger partial charge in [0.2, 0.25) is 0 Å². The molecular weight excluding hydrogens is 388 g/mol. The largest absolute Gasteiger partial charge is 0.497 e. The van der Waals surface area contributed by atoms with E-state index in [1.165, 1.54) is 0 Å². The molecule has 162 valence electrons. The topological polar surface area (TPSA) is 50.8 Å². The fourth-order valence-corrected chi connectivity index (χ4v) is 3.54. The molecule has 0 amide bonds. The van der Waals surface area contributed by atoms with Gasteiger partial charge in [-0.15, -0.1) is 0 Å². The van der Waals surface area contributed by atoms with Gasteiger partial charge in [-0.2, -0.15) is 0 Å². The molecule has 0 spiro atoms. The van der Waals surface area contributed by atoms with Gasteiger partial charge in [-0.05, 0) is 80.1 Å². The zero-order valence-electron chi connectivity index (χ0n) is 18.6. The van der Waals surface area contributed by atoms with Gasteiger partial charge in [0.1, 0.15) is 17.5 Å². The summed E-state index contributed by atoms with van der Waals surface area (Å²) in [5.41, 5.74) is 3.54. The molecule has 1 N–H and O–H groups in total. The van der Waals surface area contributed by atoms with Crippen LogP contribution in [-0.2, 0) is 0 Å². The van der Waals surface area contributed by atoms with E-state index >= 15 is 0 Å². The van der Waals surface area contributed by atoms with Crippen molar-refractivity contribution in [3.63, 3.8) is 0 Å². The Kier molecular flexibility index (Phi) is 7.55. The molecule has 0 fully saturated rings. The van der Waals surface area contributed by atoms with Gasteiger partial charge in [-0.3, -0.25) is 4.79 Å². The smallest absolute Gasteiger partial charge is 0.189 e. The second kappa shape index (κ2) is 10.5. The Bertz CT molecular complexity index is 963. The summed E-state index contributed by atoms with van der Waals surface area (Å²) in [6.45, 7) is 6.19. The molecule has 0 radical (unpaired) electrons. The molecule has 31 heavy (non-hydrogen) atoms. The molecular formula is C26H30N2O3. The van der Waals surface area contributed by atoms with Gasteiger partial charge in [0, 0.05) is 30.0 Å². The average molecular weight is 419 g/mol. The molecule has 0 saturated heterocycles. The monoisotopic (exact) mass is 418 g/mol. The standard InChI is InChI=1S/C26H30N2O3/c1-5-28(6-2)22-13-11-21(12-14-22)27-25(19-7-15-23(30-3)16-8-19)26(29)20-9-17-24(31-4)18-10-20/h7-18,25,27H,5-6H2,1-4H3/t25-/m0/s1. The number of Topliss-reactive ketones (excluding diaryl/α,β-unsaturated/α-hetero) is 1. The van der Waals surface area contributed by atoms with Gasteiger partial charge in [0.25, 0.3) is 0 Å². The normalized spacial score (nSPS) is 11.5. The van der Waals surface area contributed by atoms with Crippen LogP contribution in [-0.4, -0.2) is 33.1 Å². The Labute approximate surface area is 184 Å². The van der Waals surface area contributed by atoms with Crippen molar-refractivity contribution in [3.05, 3.63) is 83.9 Å². The summed E-state index contributed by atoms with van der Waals surface area (Å²) in [5.74, 6) is 1.46. The van der Waals surface area contributed by atoms with E-state index in [0.29, 0.717) is 5.56 Å². The highest BCUT2D eigenvalue weighted by molar-refractivity contribution is 6.02. The van der Waals surface area contributed by atoms with Crippen LogP contribution in [0, 0.1) is 0 Å². The highest BCUT2D eigenvalue weighted by Gasteiger charge is 2.22. The Morgan fingerprint density at radius 1 is 0.806 bits per heavy atom. The molecule has 0 aliphatic carbocycles. The number of nitrogens with zero attached hydrogens (tertiary/aromatic N) is 1. The van der Waals surface area contributed by atoms with E-state index in [2.05, 4.69) is 36.2 Å². The first-order valence-corrected chi connectivity index (χ1v) is 10.5. The number of carbonyl (C=O) groups excluding carboxylic acids is 1. The van der Waals surface area contributed by atoms with E-state index in [-0.39, 0.29) is 5.78 Å². The average Bonchev–Trinajstić information content (AvgIpc) is 2.84. The number of nitrogens with one attached hydrogen (secondary N) is 1. The lowest BCUT2D eigenvalue weighted by atomic mass is 9.96. The Morgan fingerprint density at radius 2 is 1.32 bits per heavy atom. The summed E-state index contributed by atoms with van der Waals surface area (Å²) in [7, 11) is 3.24. The lowest BCUT2D eigenvalue weighted by Crippen LogP contribution is -2.22. The third-order valence-corrected chi connectivity index (χ3v) is 5.39. The summed E-state index contributed by atoms with van der Waals surface area (Å²) in [6.07, 6.45) is 0. The third-order valence-electron chi connectivity index (χ3n) is 5.39. The first-order chi connectivity index (χ1) is 15.1. The fourth-order valence-electron chi connectivity index (χ4n) is 3.54. The minimum Gasteiger partial charge on any atom is -0.497 e. The van der Waals surface area contributed by atoms with Crippen LogP contribution in [0.2, 0.25) is 0 Å². The zero-order chi connectivity index (χ0) is 22.2. The van der Waals surface area contributed by atoms with E-state index in [1.54, 1.807) is 38.5 Å².